The van der Waals surface area contributed by atoms with E-state index in [1.807, 2.05) is 11.8 Å². The van der Waals surface area contributed by atoms with Crippen LogP contribution in [0.15, 0.2) is 22.7 Å². The highest BCUT2D eigenvalue weighted by Crippen LogP contribution is 2.40. The molecule has 0 bridgehead atoms. The zero-order valence-corrected chi connectivity index (χ0v) is 13.5. The minimum atomic E-state index is -4.35. The molecule has 0 amide bonds. The van der Waals surface area contributed by atoms with Gasteiger partial charge in [-0.2, -0.15) is 13.2 Å². The number of benzene rings is 1. The molecule has 6 heteroatoms. The van der Waals surface area contributed by atoms with E-state index in [1.54, 1.807) is 12.1 Å². The average molecular weight is 365 g/mol. The molecule has 1 fully saturated rings. The standard InChI is InChI=1S/C15H20BrF3N2/c1-2-21(12-6-4-11(20)5-7-12)14-8-3-10(16)9-13(14)15(17,18)19/h3,8-9,11-12H,2,4-7,20H2,1H3. The van der Waals surface area contributed by atoms with Gasteiger partial charge in [-0.25, -0.2) is 0 Å². The summed E-state index contributed by atoms with van der Waals surface area (Å²) in [5.41, 5.74) is 5.59. The molecular formula is C15H20BrF3N2. The largest absolute Gasteiger partial charge is 0.418 e. The van der Waals surface area contributed by atoms with Crippen molar-refractivity contribution < 1.29 is 13.2 Å². The number of hydrogen-bond acceptors (Lipinski definition) is 2. The van der Waals surface area contributed by atoms with Gasteiger partial charge in [-0.05, 0) is 50.8 Å². The third-order valence-corrected chi connectivity index (χ3v) is 4.59. The van der Waals surface area contributed by atoms with Gasteiger partial charge < -0.3 is 10.6 Å². The van der Waals surface area contributed by atoms with Crippen LogP contribution in [0.1, 0.15) is 38.2 Å². The van der Waals surface area contributed by atoms with E-state index in [4.69, 9.17) is 5.73 Å². The molecule has 0 atom stereocenters. The summed E-state index contributed by atoms with van der Waals surface area (Å²) in [6.07, 6.45) is -0.902. The van der Waals surface area contributed by atoms with Gasteiger partial charge in [0, 0.05) is 28.8 Å². The molecule has 1 saturated carbocycles. The maximum atomic E-state index is 13.3. The van der Waals surface area contributed by atoms with Crippen LogP contribution in [0, 0.1) is 0 Å². The van der Waals surface area contributed by atoms with Crippen molar-refractivity contribution in [3.8, 4) is 0 Å². The maximum absolute atomic E-state index is 13.3. The molecule has 0 heterocycles. The summed E-state index contributed by atoms with van der Waals surface area (Å²) < 4.78 is 40.3. The van der Waals surface area contributed by atoms with Crippen molar-refractivity contribution in [3.05, 3.63) is 28.2 Å². The van der Waals surface area contributed by atoms with Crippen LogP contribution in [-0.2, 0) is 6.18 Å². The number of nitrogens with zero attached hydrogens (tertiary/aromatic N) is 1. The van der Waals surface area contributed by atoms with Crippen molar-refractivity contribution in [2.24, 2.45) is 5.73 Å². The van der Waals surface area contributed by atoms with E-state index in [0.29, 0.717) is 11.0 Å². The van der Waals surface area contributed by atoms with Gasteiger partial charge in [0.1, 0.15) is 0 Å². The summed E-state index contributed by atoms with van der Waals surface area (Å²) in [4.78, 5) is 1.88. The zero-order chi connectivity index (χ0) is 15.6. The van der Waals surface area contributed by atoms with Crippen LogP contribution >= 0.6 is 15.9 Å². The van der Waals surface area contributed by atoms with E-state index in [1.165, 1.54) is 0 Å². The lowest BCUT2D eigenvalue weighted by atomic mass is 9.90. The molecule has 2 N–H and O–H groups in total. The molecule has 2 rings (SSSR count). The van der Waals surface area contributed by atoms with Crippen molar-refractivity contribution in [3.63, 3.8) is 0 Å². The number of nitrogens with two attached hydrogens (primary N) is 1. The molecule has 118 valence electrons. The van der Waals surface area contributed by atoms with Gasteiger partial charge in [0.05, 0.1) is 5.56 Å². The molecular weight excluding hydrogens is 345 g/mol. The van der Waals surface area contributed by atoms with E-state index < -0.39 is 11.7 Å². The molecule has 0 saturated heterocycles. The molecule has 0 aromatic heterocycles. The summed E-state index contributed by atoms with van der Waals surface area (Å²) in [5, 5.41) is 0. The van der Waals surface area contributed by atoms with E-state index in [0.717, 1.165) is 31.7 Å². The normalized spacial score (nSPS) is 23.1. The molecule has 2 nitrogen and oxygen atoms in total. The van der Waals surface area contributed by atoms with Crippen molar-refractivity contribution in [2.45, 2.75) is 50.9 Å². The third-order valence-electron chi connectivity index (χ3n) is 4.10. The van der Waals surface area contributed by atoms with Gasteiger partial charge in [0.15, 0.2) is 0 Å². The minimum absolute atomic E-state index is 0.136. The van der Waals surface area contributed by atoms with Gasteiger partial charge >= 0.3 is 6.18 Å². The van der Waals surface area contributed by atoms with Gasteiger partial charge in [-0.1, -0.05) is 15.9 Å². The fourth-order valence-corrected chi connectivity index (χ4v) is 3.39. The number of alkyl halides is 3. The molecule has 0 unspecified atom stereocenters. The predicted molar refractivity (Wildman–Crippen MR) is 82.4 cm³/mol. The summed E-state index contributed by atoms with van der Waals surface area (Å²) in [6, 6.07) is 4.71. The Hall–Kier alpha value is -0.750. The second-order valence-corrected chi connectivity index (χ2v) is 6.43. The minimum Gasteiger partial charge on any atom is -0.368 e. The Labute approximate surface area is 131 Å². The molecule has 1 aromatic rings. The number of rotatable bonds is 3. The molecule has 1 aliphatic rings. The van der Waals surface area contributed by atoms with Crippen LogP contribution in [-0.4, -0.2) is 18.6 Å². The molecule has 1 aromatic carbocycles. The monoisotopic (exact) mass is 364 g/mol. The van der Waals surface area contributed by atoms with Crippen LogP contribution in [0.25, 0.3) is 0 Å². The second-order valence-electron chi connectivity index (χ2n) is 5.51. The van der Waals surface area contributed by atoms with E-state index in [2.05, 4.69) is 15.9 Å². The Bertz CT molecular complexity index is 482. The molecule has 0 spiro atoms. The number of hydrogen-bond donors (Lipinski definition) is 1. The summed E-state index contributed by atoms with van der Waals surface area (Å²) in [7, 11) is 0. The highest BCUT2D eigenvalue weighted by Gasteiger charge is 2.36. The van der Waals surface area contributed by atoms with Crippen molar-refractivity contribution >= 4 is 21.6 Å². The smallest absolute Gasteiger partial charge is 0.368 e. The first-order chi connectivity index (χ1) is 9.82. The van der Waals surface area contributed by atoms with E-state index >= 15 is 0 Å². The SMILES string of the molecule is CCN(c1ccc(Br)cc1C(F)(F)F)C1CCC(N)CC1. The third kappa shape index (κ3) is 3.92. The lowest BCUT2D eigenvalue weighted by Gasteiger charge is -2.38. The van der Waals surface area contributed by atoms with Crippen molar-refractivity contribution in [1.82, 2.24) is 0 Å². The summed E-state index contributed by atoms with van der Waals surface area (Å²) in [6.45, 7) is 2.46. The van der Waals surface area contributed by atoms with Crippen LogP contribution in [0.4, 0.5) is 18.9 Å². The summed E-state index contributed by atoms with van der Waals surface area (Å²) in [5.74, 6) is 0. The average Bonchev–Trinajstić information content (AvgIpc) is 2.42. The van der Waals surface area contributed by atoms with E-state index in [-0.39, 0.29) is 17.8 Å². The molecule has 0 aliphatic heterocycles. The highest BCUT2D eigenvalue weighted by atomic mass is 79.9. The van der Waals surface area contributed by atoms with Crippen LogP contribution in [0.3, 0.4) is 0 Å². The van der Waals surface area contributed by atoms with Gasteiger partial charge in [-0.3, -0.25) is 0 Å². The fraction of sp³-hybridized carbons (Fsp3) is 0.600. The Morgan fingerprint density at radius 2 is 1.86 bits per heavy atom. The quantitative estimate of drug-likeness (QED) is 0.851. The van der Waals surface area contributed by atoms with Crippen LogP contribution < -0.4 is 10.6 Å². The first-order valence-corrected chi connectivity index (χ1v) is 8.01. The van der Waals surface area contributed by atoms with Crippen molar-refractivity contribution in [1.29, 1.82) is 0 Å². The topological polar surface area (TPSA) is 29.3 Å². The van der Waals surface area contributed by atoms with Crippen LogP contribution in [0.5, 0.6) is 0 Å². The Balaban J connectivity index is 2.34. The molecule has 1 aliphatic carbocycles. The van der Waals surface area contributed by atoms with Gasteiger partial charge in [0.25, 0.3) is 0 Å². The molecule has 0 radical (unpaired) electrons. The van der Waals surface area contributed by atoms with Crippen molar-refractivity contribution in [2.75, 3.05) is 11.4 Å². The molecule has 21 heavy (non-hydrogen) atoms. The highest BCUT2D eigenvalue weighted by molar-refractivity contribution is 9.10. The Kier molecular flexibility index (Phi) is 5.20. The fourth-order valence-electron chi connectivity index (χ4n) is 3.02. The Morgan fingerprint density at radius 3 is 2.38 bits per heavy atom. The summed E-state index contributed by atoms with van der Waals surface area (Å²) >= 11 is 3.13. The second kappa shape index (κ2) is 6.57. The predicted octanol–water partition coefficient (Wildman–Crippen LogP) is 4.56. The van der Waals surface area contributed by atoms with Gasteiger partial charge in [0.2, 0.25) is 0 Å². The first-order valence-electron chi connectivity index (χ1n) is 7.22. The first kappa shape index (κ1) is 16.6. The zero-order valence-electron chi connectivity index (χ0n) is 12.0. The Morgan fingerprint density at radius 1 is 1.24 bits per heavy atom. The maximum Gasteiger partial charge on any atom is 0.418 e. The van der Waals surface area contributed by atoms with Crippen LogP contribution in [0.2, 0.25) is 0 Å². The van der Waals surface area contributed by atoms with Gasteiger partial charge in [-0.15, -0.1) is 0 Å². The lowest BCUT2D eigenvalue weighted by molar-refractivity contribution is -0.137. The number of anilines is 1. The number of halogens is 4. The lowest BCUT2D eigenvalue weighted by Crippen LogP contribution is -2.41. The van der Waals surface area contributed by atoms with E-state index in [9.17, 15) is 13.2 Å².